The van der Waals surface area contributed by atoms with E-state index >= 15 is 0 Å². The second kappa shape index (κ2) is 35.8. The van der Waals surface area contributed by atoms with Crippen LogP contribution in [-0.2, 0) is 32.7 Å². The molecule has 8 atom stereocenters. The Bertz CT molecular complexity index is 1330. The van der Waals surface area contributed by atoms with Gasteiger partial charge in [-0.3, -0.25) is 18.6 Å². The molecule has 344 valence electrons. The van der Waals surface area contributed by atoms with Crippen LogP contribution in [0.1, 0.15) is 149 Å². The monoisotopic (exact) mass is 869 g/mol. The molecule has 0 aromatic rings. The highest BCUT2D eigenvalue weighted by molar-refractivity contribution is 7.47. The molecule has 0 radical (unpaired) electrons. The highest BCUT2D eigenvalue weighted by Crippen LogP contribution is 2.47. The molecule has 0 bridgehead atoms. The van der Waals surface area contributed by atoms with E-state index in [2.05, 4.69) is 68.5 Å². The Morgan fingerprint density at radius 1 is 0.533 bits per heavy atom. The molecule has 6 unspecified atom stereocenters. The lowest BCUT2D eigenvalue weighted by atomic mass is 9.85. The molecule has 1 fully saturated rings. The van der Waals surface area contributed by atoms with E-state index in [1.54, 1.807) is 0 Å². The van der Waals surface area contributed by atoms with E-state index in [1.807, 2.05) is 18.2 Å². The Morgan fingerprint density at radius 3 is 1.42 bits per heavy atom. The summed E-state index contributed by atoms with van der Waals surface area (Å²) >= 11 is 0. The third-order valence-electron chi connectivity index (χ3n) is 9.83. The predicted molar refractivity (Wildman–Crippen MR) is 235 cm³/mol. The molecular formula is C46H77O13P. The number of carbonyl (C=O) groups is 2. The number of ether oxygens (including phenoxy) is 2. The van der Waals surface area contributed by atoms with E-state index in [4.69, 9.17) is 18.5 Å². The summed E-state index contributed by atoms with van der Waals surface area (Å²) in [6.07, 6.45) is 31.2. The summed E-state index contributed by atoms with van der Waals surface area (Å²) in [5.74, 6) is -1.20. The summed E-state index contributed by atoms with van der Waals surface area (Å²) in [5, 5.41) is 50.1. The van der Waals surface area contributed by atoms with Gasteiger partial charge in [-0.05, 0) is 51.4 Å². The lowest BCUT2D eigenvalue weighted by Gasteiger charge is -2.41. The zero-order chi connectivity index (χ0) is 44.3. The number of phosphoric acid groups is 1. The van der Waals surface area contributed by atoms with Crippen LogP contribution in [0.3, 0.4) is 0 Å². The zero-order valence-electron chi connectivity index (χ0n) is 36.2. The van der Waals surface area contributed by atoms with E-state index in [0.29, 0.717) is 19.3 Å². The fourth-order valence-corrected chi connectivity index (χ4v) is 7.23. The summed E-state index contributed by atoms with van der Waals surface area (Å²) in [6, 6.07) is 0. The van der Waals surface area contributed by atoms with Gasteiger partial charge in [0.05, 0.1) is 6.61 Å². The van der Waals surface area contributed by atoms with Crippen LogP contribution in [0.5, 0.6) is 0 Å². The fraction of sp³-hybridized carbons (Fsp3) is 0.696. The molecule has 0 aromatic carbocycles. The van der Waals surface area contributed by atoms with Gasteiger partial charge in [0.1, 0.15) is 43.2 Å². The van der Waals surface area contributed by atoms with Gasteiger partial charge in [0, 0.05) is 12.8 Å². The van der Waals surface area contributed by atoms with Crippen LogP contribution in [0.4, 0.5) is 0 Å². The van der Waals surface area contributed by atoms with Crippen molar-refractivity contribution in [2.24, 2.45) is 0 Å². The summed E-state index contributed by atoms with van der Waals surface area (Å²) in [7, 11) is -5.13. The molecule has 0 aliphatic heterocycles. The molecule has 0 saturated heterocycles. The van der Waals surface area contributed by atoms with Gasteiger partial charge in [-0.25, -0.2) is 4.57 Å². The normalized spacial score (nSPS) is 22.9. The number of carbonyl (C=O) groups excluding carboxylic acids is 2. The number of phosphoric ester groups is 1. The number of esters is 2. The van der Waals surface area contributed by atoms with Gasteiger partial charge < -0.3 is 39.9 Å². The third-order valence-corrected chi connectivity index (χ3v) is 10.8. The number of aliphatic hydroxyl groups is 5. The van der Waals surface area contributed by atoms with Crippen LogP contribution in [0.2, 0.25) is 0 Å². The number of hydrogen-bond donors (Lipinski definition) is 6. The molecule has 0 amide bonds. The largest absolute Gasteiger partial charge is 0.472 e. The highest BCUT2D eigenvalue weighted by atomic mass is 31.2. The van der Waals surface area contributed by atoms with E-state index in [0.717, 1.165) is 57.8 Å². The van der Waals surface area contributed by atoms with E-state index in [1.165, 1.54) is 44.9 Å². The van der Waals surface area contributed by atoms with Crippen LogP contribution in [0.15, 0.2) is 72.9 Å². The predicted octanol–water partition coefficient (Wildman–Crippen LogP) is 8.33. The van der Waals surface area contributed by atoms with E-state index < -0.39 is 75.7 Å². The average Bonchev–Trinajstić information content (AvgIpc) is 3.23. The van der Waals surface area contributed by atoms with Crippen LogP contribution >= 0.6 is 7.82 Å². The van der Waals surface area contributed by atoms with Crippen molar-refractivity contribution in [2.45, 2.75) is 191 Å². The minimum atomic E-state index is -5.13. The first-order valence-electron chi connectivity index (χ1n) is 22.2. The maximum Gasteiger partial charge on any atom is 0.472 e. The number of allylic oxidation sites excluding steroid dienone is 12. The molecule has 13 nitrogen and oxygen atoms in total. The molecule has 1 aliphatic rings. The second-order valence-corrected chi connectivity index (χ2v) is 16.6. The van der Waals surface area contributed by atoms with Gasteiger partial charge in [0.2, 0.25) is 0 Å². The SMILES string of the molecule is CC/C=C\C/C=C\C/C=C\C/C=C\C/C=C\C/C=C\CCC(=O)OC[C@H](COP(=O)(O)OC1C(O)C(O)C(O)[C@@H](O)C1O)OC(=O)CCCCCCCCCCCCCC. The van der Waals surface area contributed by atoms with Crippen molar-refractivity contribution in [1.29, 1.82) is 0 Å². The smallest absolute Gasteiger partial charge is 0.462 e. The van der Waals surface area contributed by atoms with Crippen LogP contribution < -0.4 is 0 Å². The lowest BCUT2D eigenvalue weighted by molar-refractivity contribution is -0.220. The van der Waals surface area contributed by atoms with Crippen molar-refractivity contribution in [3.05, 3.63) is 72.9 Å². The molecule has 6 N–H and O–H groups in total. The van der Waals surface area contributed by atoms with E-state index in [-0.39, 0.29) is 12.8 Å². The Morgan fingerprint density at radius 2 is 0.950 bits per heavy atom. The molecule has 0 aromatic heterocycles. The van der Waals surface area contributed by atoms with Crippen molar-refractivity contribution in [2.75, 3.05) is 13.2 Å². The number of hydrogen-bond acceptors (Lipinski definition) is 12. The van der Waals surface area contributed by atoms with Crippen LogP contribution in [0, 0.1) is 0 Å². The van der Waals surface area contributed by atoms with Crippen molar-refractivity contribution >= 4 is 19.8 Å². The molecule has 1 saturated carbocycles. The Kier molecular flexibility index (Phi) is 33.0. The standard InChI is InChI=1S/C46H77O13P/c1-3-5-7-9-11-13-15-17-18-19-20-21-22-23-25-26-28-30-32-34-39(47)56-36-38(58-40(48)35-33-31-29-27-24-16-14-12-10-8-6-4-2)37-57-60(54,55)59-46-44(52)42(50)41(49)43(51)45(46)53/h5,7,11,13,17-18,20-21,23,25,28,30,38,41-46,49-53H,3-4,6,8-10,12,14-16,19,22,24,26-27,29,31-37H2,1-2H3,(H,54,55)/b7-5-,13-11-,18-17-,21-20-,25-23-,30-28-/t38-,41?,42-,43?,44?,45?,46?/m1/s1. The number of unbranched alkanes of at least 4 members (excludes halogenated alkanes) is 11. The van der Waals surface area contributed by atoms with Crippen molar-refractivity contribution < 1.29 is 63.1 Å². The number of aliphatic hydroxyl groups excluding tert-OH is 5. The van der Waals surface area contributed by atoms with Crippen molar-refractivity contribution in [3.8, 4) is 0 Å². The average molecular weight is 869 g/mol. The molecule has 14 heteroatoms. The van der Waals surface area contributed by atoms with Gasteiger partial charge in [-0.15, -0.1) is 0 Å². The van der Waals surface area contributed by atoms with Gasteiger partial charge in [0.25, 0.3) is 0 Å². The van der Waals surface area contributed by atoms with Crippen molar-refractivity contribution in [3.63, 3.8) is 0 Å². The molecule has 1 rings (SSSR count). The molecule has 1 aliphatic carbocycles. The minimum Gasteiger partial charge on any atom is -0.462 e. The van der Waals surface area contributed by atoms with E-state index in [9.17, 15) is 44.6 Å². The minimum absolute atomic E-state index is 0.0398. The van der Waals surface area contributed by atoms with Gasteiger partial charge in [-0.1, -0.05) is 157 Å². The summed E-state index contributed by atoms with van der Waals surface area (Å²) in [4.78, 5) is 35.6. The Labute approximate surface area is 359 Å². The quantitative estimate of drug-likeness (QED) is 0.0153. The first kappa shape index (κ1) is 55.3. The topological polar surface area (TPSA) is 210 Å². The highest BCUT2D eigenvalue weighted by Gasteiger charge is 2.51. The second-order valence-electron chi connectivity index (χ2n) is 15.2. The number of rotatable bonds is 35. The first-order chi connectivity index (χ1) is 28.9. The Balaban J connectivity index is 2.52. The lowest BCUT2D eigenvalue weighted by Crippen LogP contribution is -2.64. The van der Waals surface area contributed by atoms with Crippen LogP contribution in [0.25, 0.3) is 0 Å². The summed E-state index contributed by atoms with van der Waals surface area (Å²) in [5.41, 5.74) is 0. The molecule has 0 spiro atoms. The van der Waals surface area contributed by atoms with Crippen LogP contribution in [-0.4, -0.2) is 98.3 Å². The first-order valence-corrected chi connectivity index (χ1v) is 23.7. The van der Waals surface area contributed by atoms with Gasteiger partial charge in [-0.2, -0.15) is 0 Å². The van der Waals surface area contributed by atoms with Crippen molar-refractivity contribution in [1.82, 2.24) is 0 Å². The maximum atomic E-state index is 12.8. The maximum absolute atomic E-state index is 12.8. The van der Waals surface area contributed by atoms with Gasteiger partial charge in [0.15, 0.2) is 6.10 Å². The Hall–Kier alpha value is -2.71. The molecule has 60 heavy (non-hydrogen) atoms. The molecular weight excluding hydrogens is 791 g/mol. The summed E-state index contributed by atoms with van der Waals surface area (Å²) in [6.45, 7) is 3.09. The fourth-order valence-electron chi connectivity index (χ4n) is 6.25. The summed E-state index contributed by atoms with van der Waals surface area (Å²) < 4.78 is 33.4. The van der Waals surface area contributed by atoms with Gasteiger partial charge >= 0.3 is 19.8 Å². The molecule has 0 heterocycles. The third kappa shape index (κ3) is 28.0. The zero-order valence-corrected chi connectivity index (χ0v) is 37.1.